The fraction of sp³-hybridized carbons (Fsp3) is 0.182. The van der Waals surface area contributed by atoms with Crippen molar-refractivity contribution in [1.82, 2.24) is 4.98 Å². The predicted molar refractivity (Wildman–Crippen MR) is 77.5 cm³/mol. The van der Waals surface area contributed by atoms with Crippen LogP contribution in [-0.2, 0) is 0 Å². The summed E-state index contributed by atoms with van der Waals surface area (Å²) in [5.41, 5.74) is 0.807. The molecule has 2 rings (SSSR count). The number of nitriles is 1. The number of carbonyl (C=O) groups excluding carboxylic acids is 1. The molecule has 8 heteroatoms. The monoisotopic (exact) mass is 357 g/mol. The van der Waals surface area contributed by atoms with Crippen molar-refractivity contribution in [2.24, 2.45) is 0 Å². The minimum atomic E-state index is -0.351. The van der Waals surface area contributed by atoms with Crippen LogP contribution in [-0.4, -0.2) is 16.6 Å². The third-order valence-electron chi connectivity index (χ3n) is 2.04. The number of furan rings is 1. The third-order valence-corrected chi connectivity index (χ3v) is 4.77. The number of rotatable bonds is 4. The molecule has 0 saturated heterocycles. The molecule has 0 bridgehead atoms. The van der Waals surface area contributed by atoms with Crippen molar-refractivity contribution >= 4 is 50.1 Å². The van der Waals surface area contributed by atoms with Crippen LogP contribution in [0.1, 0.15) is 16.2 Å². The van der Waals surface area contributed by atoms with Crippen LogP contribution >= 0.6 is 39.0 Å². The van der Waals surface area contributed by atoms with Crippen LogP contribution in [0.2, 0.25) is 0 Å². The summed E-state index contributed by atoms with van der Waals surface area (Å²) >= 11 is 5.89. The second-order valence-electron chi connectivity index (χ2n) is 3.40. The SMILES string of the molecule is Cc1nc(NC(=O)c2ccc(Br)o2)sc1SCC#N. The van der Waals surface area contributed by atoms with Crippen molar-refractivity contribution in [3.05, 3.63) is 28.3 Å². The van der Waals surface area contributed by atoms with Gasteiger partial charge in [-0.05, 0) is 35.0 Å². The maximum Gasteiger partial charge on any atom is 0.293 e. The van der Waals surface area contributed by atoms with E-state index in [0.717, 1.165) is 9.90 Å². The van der Waals surface area contributed by atoms with E-state index in [2.05, 4.69) is 32.3 Å². The molecule has 0 aliphatic rings. The van der Waals surface area contributed by atoms with Crippen molar-refractivity contribution < 1.29 is 9.21 Å². The number of hydrogen-bond donors (Lipinski definition) is 1. The van der Waals surface area contributed by atoms with E-state index in [9.17, 15) is 4.79 Å². The second-order valence-corrected chi connectivity index (χ2v) is 6.42. The molecule has 1 amide bonds. The van der Waals surface area contributed by atoms with Crippen molar-refractivity contribution in [2.45, 2.75) is 11.1 Å². The molecular weight excluding hydrogens is 350 g/mol. The zero-order chi connectivity index (χ0) is 13.8. The lowest BCUT2D eigenvalue weighted by atomic mass is 10.4. The molecule has 0 radical (unpaired) electrons. The van der Waals surface area contributed by atoms with E-state index in [4.69, 9.17) is 9.68 Å². The molecule has 0 aliphatic heterocycles. The van der Waals surface area contributed by atoms with Gasteiger partial charge in [0.1, 0.15) is 0 Å². The fourth-order valence-electron chi connectivity index (χ4n) is 1.26. The Morgan fingerprint density at radius 2 is 2.47 bits per heavy atom. The smallest absolute Gasteiger partial charge is 0.293 e. The number of halogens is 1. The molecule has 19 heavy (non-hydrogen) atoms. The third kappa shape index (κ3) is 3.59. The zero-order valence-corrected chi connectivity index (χ0v) is 13.0. The Morgan fingerprint density at radius 3 is 3.11 bits per heavy atom. The van der Waals surface area contributed by atoms with E-state index in [-0.39, 0.29) is 11.7 Å². The Labute approximate surface area is 126 Å². The highest BCUT2D eigenvalue weighted by atomic mass is 79.9. The molecule has 2 heterocycles. The molecule has 5 nitrogen and oxygen atoms in total. The number of aromatic nitrogens is 1. The van der Waals surface area contributed by atoms with Crippen LogP contribution < -0.4 is 5.32 Å². The van der Waals surface area contributed by atoms with Gasteiger partial charge in [-0.2, -0.15) is 5.26 Å². The van der Waals surface area contributed by atoms with Crippen LogP contribution in [0.4, 0.5) is 5.13 Å². The van der Waals surface area contributed by atoms with Crippen molar-refractivity contribution in [3.63, 3.8) is 0 Å². The highest BCUT2D eigenvalue weighted by Gasteiger charge is 2.14. The average Bonchev–Trinajstić information content (AvgIpc) is 2.93. The lowest BCUT2D eigenvalue weighted by Crippen LogP contribution is -2.10. The predicted octanol–water partition coefficient (Wildman–Crippen LogP) is 3.68. The average molecular weight is 358 g/mol. The number of carbonyl (C=O) groups is 1. The van der Waals surface area contributed by atoms with Gasteiger partial charge in [-0.3, -0.25) is 10.1 Å². The molecule has 2 aromatic heterocycles. The topological polar surface area (TPSA) is 78.9 Å². The molecule has 0 atom stereocenters. The van der Waals surface area contributed by atoms with Crippen molar-refractivity contribution in [1.29, 1.82) is 5.26 Å². The maximum absolute atomic E-state index is 11.8. The Kier molecular flexibility index (Phi) is 4.63. The first-order valence-corrected chi connectivity index (χ1v) is 7.73. The lowest BCUT2D eigenvalue weighted by molar-refractivity contribution is 0.0995. The highest BCUT2D eigenvalue weighted by molar-refractivity contribution is 9.10. The Bertz CT molecular complexity index is 645. The van der Waals surface area contributed by atoms with Gasteiger partial charge in [-0.1, -0.05) is 23.1 Å². The van der Waals surface area contributed by atoms with Gasteiger partial charge in [0, 0.05) is 0 Å². The first kappa shape index (κ1) is 14.1. The van der Waals surface area contributed by atoms with Crippen molar-refractivity contribution in [2.75, 3.05) is 11.1 Å². The maximum atomic E-state index is 11.8. The largest absolute Gasteiger partial charge is 0.444 e. The van der Waals surface area contributed by atoms with Crippen LogP contribution in [0.15, 0.2) is 25.4 Å². The van der Waals surface area contributed by atoms with Gasteiger partial charge in [-0.25, -0.2) is 4.98 Å². The number of thiazole rings is 1. The minimum absolute atomic E-state index is 0.214. The molecule has 0 aromatic carbocycles. The molecule has 0 unspecified atom stereocenters. The normalized spacial score (nSPS) is 10.2. The van der Waals surface area contributed by atoms with Gasteiger partial charge < -0.3 is 4.42 Å². The summed E-state index contributed by atoms with van der Waals surface area (Å²) in [6, 6.07) is 5.28. The van der Waals surface area contributed by atoms with Crippen LogP contribution in [0.5, 0.6) is 0 Å². The number of nitrogens with zero attached hydrogens (tertiary/aromatic N) is 2. The van der Waals surface area contributed by atoms with E-state index < -0.39 is 0 Å². The molecule has 0 spiro atoms. The summed E-state index contributed by atoms with van der Waals surface area (Å²) in [6.07, 6.45) is 0. The summed E-state index contributed by atoms with van der Waals surface area (Å²) in [5, 5.41) is 11.7. The van der Waals surface area contributed by atoms with Gasteiger partial charge in [0.2, 0.25) is 0 Å². The summed E-state index contributed by atoms with van der Waals surface area (Å²) in [5.74, 6) is 0.226. The standard InChI is InChI=1S/C11H8BrN3O2S2/c1-6-10(18-5-4-13)19-11(14-6)15-9(16)7-2-3-8(12)17-7/h2-3H,5H2,1H3,(H,14,15,16). The number of thioether (sulfide) groups is 1. The highest BCUT2D eigenvalue weighted by Crippen LogP contribution is 2.32. The minimum Gasteiger partial charge on any atom is -0.444 e. The summed E-state index contributed by atoms with van der Waals surface area (Å²) in [7, 11) is 0. The van der Waals surface area contributed by atoms with Gasteiger partial charge in [0.05, 0.1) is 21.7 Å². The number of nitrogens with one attached hydrogen (secondary N) is 1. The molecule has 1 N–H and O–H groups in total. The molecule has 98 valence electrons. The summed E-state index contributed by atoms with van der Waals surface area (Å²) in [6.45, 7) is 1.84. The van der Waals surface area contributed by atoms with Crippen LogP contribution in [0, 0.1) is 18.3 Å². The summed E-state index contributed by atoms with van der Waals surface area (Å²) < 4.78 is 6.58. The molecule has 0 aliphatic carbocycles. The number of aryl methyl sites for hydroxylation is 1. The summed E-state index contributed by atoms with van der Waals surface area (Å²) in [4.78, 5) is 16.1. The lowest BCUT2D eigenvalue weighted by Gasteiger charge is -1.96. The van der Waals surface area contributed by atoms with Gasteiger partial charge in [0.15, 0.2) is 15.6 Å². The second kappa shape index (κ2) is 6.23. The number of anilines is 1. The van der Waals surface area contributed by atoms with Crippen LogP contribution in [0.25, 0.3) is 0 Å². The fourth-order valence-corrected chi connectivity index (χ4v) is 3.36. The number of hydrogen-bond acceptors (Lipinski definition) is 6. The Morgan fingerprint density at radius 1 is 1.68 bits per heavy atom. The van der Waals surface area contributed by atoms with Crippen molar-refractivity contribution in [3.8, 4) is 6.07 Å². The Hall–Kier alpha value is -1.30. The molecular formula is C11H8BrN3O2S2. The first-order chi connectivity index (χ1) is 9.10. The van der Waals surface area contributed by atoms with Gasteiger partial charge in [-0.15, -0.1) is 0 Å². The number of amides is 1. The molecule has 0 saturated carbocycles. The van der Waals surface area contributed by atoms with E-state index >= 15 is 0 Å². The van der Waals surface area contributed by atoms with E-state index in [1.165, 1.54) is 23.1 Å². The Balaban J connectivity index is 2.07. The van der Waals surface area contributed by atoms with E-state index in [1.807, 2.05) is 6.92 Å². The van der Waals surface area contributed by atoms with Gasteiger partial charge in [0.25, 0.3) is 5.91 Å². The van der Waals surface area contributed by atoms with Crippen LogP contribution in [0.3, 0.4) is 0 Å². The quantitative estimate of drug-likeness (QED) is 0.844. The first-order valence-electron chi connectivity index (χ1n) is 5.14. The molecule has 2 aromatic rings. The van der Waals surface area contributed by atoms with E-state index in [0.29, 0.717) is 15.6 Å². The molecule has 0 fully saturated rings. The van der Waals surface area contributed by atoms with E-state index in [1.54, 1.807) is 12.1 Å². The van der Waals surface area contributed by atoms with Gasteiger partial charge >= 0.3 is 0 Å². The zero-order valence-electron chi connectivity index (χ0n) is 9.77.